The van der Waals surface area contributed by atoms with Gasteiger partial charge in [-0.15, -0.1) is 0 Å². The molecule has 0 saturated carbocycles. The van der Waals surface area contributed by atoms with Crippen LogP contribution >= 0.6 is 0 Å². The highest BCUT2D eigenvalue weighted by Gasteiger charge is 2.11. The standard InChI is InChI=1S/C16H14O4/c17-16(18)12-4-2-11(3-5-12)13-6-7-14-15(10-13)20-9-1-8-19-14/h2-7,10H,1,8-9H2,(H,17,18). The Morgan fingerprint density at radius 1 is 0.900 bits per heavy atom. The first-order valence-electron chi connectivity index (χ1n) is 6.47. The van der Waals surface area contributed by atoms with Gasteiger partial charge >= 0.3 is 5.97 Å². The van der Waals surface area contributed by atoms with Crippen molar-refractivity contribution in [1.29, 1.82) is 0 Å². The maximum Gasteiger partial charge on any atom is 0.335 e. The predicted octanol–water partition coefficient (Wildman–Crippen LogP) is 3.21. The lowest BCUT2D eigenvalue weighted by Gasteiger charge is -2.09. The lowest BCUT2D eigenvalue weighted by atomic mass is 10.0. The number of fused-ring (bicyclic) bond motifs is 1. The Morgan fingerprint density at radius 2 is 1.55 bits per heavy atom. The molecular formula is C16H14O4. The Hall–Kier alpha value is -2.49. The van der Waals surface area contributed by atoms with E-state index in [2.05, 4.69) is 0 Å². The first-order valence-corrected chi connectivity index (χ1v) is 6.47. The zero-order valence-corrected chi connectivity index (χ0v) is 10.8. The lowest BCUT2D eigenvalue weighted by molar-refractivity contribution is 0.0697. The zero-order chi connectivity index (χ0) is 13.9. The van der Waals surface area contributed by atoms with E-state index < -0.39 is 5.97 Å². The normalized spacial score (nSPS) is 13.6. The van der Waals surface area contributed by atoms with Crippen LogP contribution in [0.15, 0.2) is 42.5 Å². The van der Waals surface area contributed by atoms with Crippen molar-refractivity contribution in [2.24, 2.45) is 0 Å². The third-order valence-electron chi connectivity index (χ3n) is 3.21. The number of benzene rings is 2. The maximum atomic E-state index is 10.8. The minimum atomic E-state index is -0.921. The lowest BCUT2D eigenvalue weighted by Crippen LogP contribution is -1.97. The molecular weight excluding hydrogens is 256 g/mol. The molecule has 102 valence electrons. The van der Waals surface area contributed by atoms with E-state index in [0.717, 1.165) is 29.0 Å². The van der Waals surface area contributed by atoms with Gasteiger partial charge in [-0.05, 0) is 35.4 Å². The van der Waals surface area contributed by atoms with Crippen LogP contribution < -0.4 is 9.47 Å². The molecule has 1 aliphatic heterocycles. The van der Waals surface area contributed by atoms with E-state index in [1.807, 2.05) is 18.2 Å². The fourth-order valence-corrected chi connectivity index (χ4v) is 2.15. The first-order chi connectivity index (χ1) is 9.74. The van der Waals surface area contributed by atoms with Crippen molar-refractivity contribution in [3.05, 3.63) is 48.0 Å². The maximum absolute atomic E-state index is 10.8. The highest BCUT2D eigenvalue weighted by Crippen LogP contribution is 2.34. The third kappa shape index (κ3) is 2.45. The van der Waals surface area contributed by atoms with Crippen LogP contribution in [-0.4, -0.2) is 24.3 Å². The van der Waals surface area contributed by atoms with Crippen LogP contribution in [0.2, 0.25) is 0 Å². The van der Waals surface area contributed by atoms with Gasteiger partial charge < -0.3 is 14.6 Å². The average molecular weight is 270 g/mol. The highest BCUT2D eigenvalue weighted by molar-refractivity contribution is 5.88. The molecule has 0 atom stereocenters. The molecule has 4 heteroatoms. The second-order valence-electron chi connectivity index (χ2n) is 4.59. The molecule has 0 amide bonds. The SMILES string of the molecule is O=C(O)c1ccc(-c2ccc3c(c2)OCCCO3)cc1. The van der Waals surface area contributed by atoms with Gasteiger partial charge in [0, 0.05) is 6.42 Å². The number of carboxylic acid groups (broad SMARTS) is 1. The van der Waals surface area contributed by atoms with E-state index >= 15 is 0 Å². The molecule has 0 aromatic heterocycles. The number of carbonyl (C=O) groups is 1. The van der Waals surface area contributed by atoms with Crippen LogP contribution in [0, 0.1) is 0 Å². The molecule has 0 spiro atoms. The van der Waals surface area contributed by atoms with E-state index in [1.54, 1.807) is 24.3 Å². The first kappa shape index (κ1) is 12.5. The van der Waals surface area contributed by atoms with Gasteiger partial charge in [0.2, 0.25) is 0 Å². The molecule has 0 saturated heterocycles. The van der Waals surface area contributed by atoms with E-state index in [0.29, 0.717) is 13.2 Å². The van der Waals surface area contributed by atoms with Gasteiger partial charge in [-0.25, -0.2) is 4.79 Å². The molecule has 1 aliphatic rings. The van der Waals surface area contributed by atoms with Gasteiger partial charge in [0.05, 0.1) is 18.8 Å². The van der Waals surface area contributed by atoms with Gasteiger partial charge in [0.15, 0.2) is 11.5 Å². The molecule has 0 radical (unpaired) electrons. The van der Waals surface area contributed by atoms with Crippen molar-refractivity contribution in [1.82, 2.24) is 0 Å². The highest BCUT2D eigenvalue weighted by atomic mass is 16.5. The topological polar surface area (TPSA) is 55.8 Å². The molecule has 3 rings (SSSR count). The fourth-order valence-electron chi connectivity index (χ4n) is 2.15. The van der Waals surface area contributed by atoms with Gasteiger partial charge in [-0.1, -0.05) is 18.2 Å². The summed E-state index contributed by atoms with van der Waals surface area (Å²) in [5, 5.41) is 8.90. The summed E-state index contributed by atoms with van der Waals surface area (Å²) in [6, 6.07) is 12.5. The monoisotopic (exact) mass is 270 g/mol. The minimum Gasteiger partial charge on any atom is -0.490 e. The molecule has 2 aromatic carbocycles. The number of hydrogen-bond donors (Lipinski definition) is 1. The van der Waals surface area contributed by atoms with Gasteiger partial charge in [0.1, 0.15) is 0 Å². The summed E-state index contributed by atoms with van der Waals surface area (Å²) in [4.78, 5) is 10.8. The Morgan fingerprint density at radius 3 is 2.25 bits per heavy atom. The molecule has 20 heavy (non-hydrogen) atoms. The van der Waals surface area contributed by atoms with Crippen LogP contribution in [0.1, 0.15) is 16.8 Å². The van der Waals surface area contributed by atoms with Crippen molar-refractivity contribution in [3.8, 4) is 22.6 Å². The summed E-state index contributed by atoms with van der Waals surface area (Å²) in [5.41, 5.74) is 2.21. The molecule has 1 heterocycles. The van der Waals surface area contributed by atoms with Crippen LogP contribution in [0.4, 0.5) is 0 Å². The van der Waals surface area contributed by atoms with E-state index in [-0.39, 0.29) is 5.56 Å². The zero-order valence-electron chi connectivity index (χ0n) is 10.8. The van der Waals surface area contributed by atoms with Crippen molar-refractivity contribution in [3.63, 3.8) is 0 Å². The largest absolute Gasteiger partial charge is 0.490 e. The molecule has 0 unspecified atom stereocenters. The summed E-state index contributed by atoms with van der Waals surface area (Å²) in [7, 11) is 0. The summed E-state index contributed by atoms with van der Waals surface area (Å²) in [6.45, 7) is 1.31. The number of carboxylic acids is 1. The quantitative estimate of drug-likeness (QED) is 0.910. The van der Waals surface area contributed by atoms with Crippen LogP contribution in [0.25, 0.3) is 11.1 Å². The summed E-state index contributed by atoms with van der Waals surface area (Å²) in [5.74, 6) is 0.575. The third-order valence-corrected chi connectivity index (χ3v) is 3.21. The fraction of sp³-hybridized carbons (Fsp3) is 0.188. The number of ether oxygens (including phenoxy) is 2. The van der Waals surface area contributed by atoms with Crippen LogP contribution in [-0.2, 0) is 0 Å². The van der Waals surface area contributed by atoms with E-state index in [9.17, 15) is 4.79 Å². The summed E-state index contributed by atoms with van der Waals surface area (Å²) >= 11 is 0. The number of rotatable bonds is 2. The Bertz CT molecular complexity index is 631. The van der Waals surface area contributed by atoms with Crippen molar-refractivity contribution >= 4 is 5.97 Å². The molecule has 0 bridgehead atoms. The van der Waals surface area contributed by atoms with Gasteiger partial charge in [0.25, 0.3) is 0 Å². The molecule has 4 nitrogen and oxygen atoms in total. The summed E-state index contributed by atoms with van der Waals surface area (Å²) in [6.07, 6.45) is 0.872. The summed E-state index contributed by atoms with van der Waals surface area (Å²) < 4.78 is 11.2. The predicted molar refractivity (Wildman–Crippen MR) is 74.4 cm³/mol. The molecule has 2 aromatic rings. The number of aromatic carboxylic acids is 1. The minimum absolute atomic E-state index is 0.281. The van der Waals surface area contributed by atoms with Crippen molar-refractivity contribution < 1.29 is 19.4 Å². The molecule has 0 fully saturated rings. The van der Waals surface area contributed by atoms with Crippen molar-refractivity contribution in [2.75, 3.05) is 13.2 Å². The Kier molecular flexibility index (Phi) is 3.29. The van der Waals surface area contributed by atoms with E-state index in [1.165, 1.54) is 0 Å². The second-order valence-corrected chi connectivity index (χ2v) is 4.59. The average Bonchev–Trinajstić information content (AvgIpc) is 2.71. The van der Waals surface area contributed by atoms with Crippen LogP contribution in [0.5, 0.6) is 11.5 Å². The molecule has 0 aliphatic carbocycles. The molecule has 1 N–H and O–H groups in total. The second kappa shape index (κ2) is 5.25. The van der Waals surface area contributed by atoms with Gasteiger partial charge in [-0.3, -0.25) is 0 Å². The Labute approximate surface area is 116 Å². The number of hydrogen-bond acceptors (Lipinski definition) is 3. The smallest absolute Gasteiger partial charge is 0.335 e. The van der Waals surface area contributed by atoms with Gasteiger partial charge in [-0.2, -0.15) is 0 Å². The van der Waals surface area contributed by atoms with E-state index in [4.69, 9.17) is 14.6 Å². The van der Waals surface area contributed by atoms with Crippen LogP contribution in [0.3, 0.4) is 0 Å². The van der Waals surface area contributed by atoms with Crippen molar-refractivity contribution in [2.45, 2.75) is 6.42 Å². The Balaban J connectivity index is 1.94.